The molecule has 0 radical (unpaired) electrons. The van der Waals surface area contributed by atoms with Gasteiger partial charge in [-0.25, -0.2) is 0 Å². The second-order valence-electron chi connectivity index (χ2n) is 2.22. The van der Waals surface area contributed by atoms with Gasteiger partial charge in [0.25, 0.3) is 0 Å². The summed E-state index contributed by atoms with van der Waals surface area (Å²) in [6.45, 7) is 0. The summed E-state index contributed by atoms with van der Waals surface area (Å²) >= 11 is -1.21. The zero-order chi connectivity index (χ0) is 7.65. The van der Waals surface area contributed by atoms with Gasteiger partial charge >= 0.3 is 64.2 Å². The standard InChI is InChI=1S/2C2H6S.2CH3.Pt/c2*1-3-2;;;/h2*1-2H3;2*1H3;. The third kappa shape index (κ3) is 2.86. The van der Waals surface area contributed by atoms with E-state index >= 15 is 0 Å². The van der Waals surface area contributed by atoms with Gasteiger partial charge in [-0.1, -0.05) is 0 Å². The fourth-order valence-corrected chi connectivity index (χ4v) is 15.5. The van der Waals surface area contributed by atoms with Gasteiger partial charge in [-0.05, 0) is 0 Å². The van der Waals surface area contributed by atoms with E-state index in [1.165, 1.54) is 0 Å². The topological polar surface area (TPSA) is 0 Å². The minimum atomic E-state index is -1.21. The van der Waals surface area contributed by atoms with Crippen molar-refractivity contribution < 1.29 is 12.4 Å². The molecule has 0 aliphatic heterocycles. The van der Waals surface area contributed by atoms with Crippen molar-refractivity contribution in [3.8, 4) is 0 Å². The molecule has 0 aliphatic rings. The van der Waals surface area contributed by atoms with E-state index in [4.69, 9.17) is 0 Å². The van der Waals surface area contributed by atoms with Crippen LogP contribution in [0.4, 0.5) is 0 Å². The molecule has 0 aromatic heterocycles. The van der Waals surface area contributed by atoms with Gasteiger partial charge in [0.05, 0.1) is 0 Å². The van der Waals surface area contributed by atoms with Crippen molar-refractivity contribution in [3.05, 3.63) is 0 Å². The van der Waals surface area contributed by atoms with E-state index in [1.807, 2.05) is 0 Å². The molecule has 0 unspecified atom stereocenters. The molecule has 0 saturated heterocycles. The molecular weight excluding hydrogens is 331 g/mol. The van der Waals surface area contributed by atoms with Crippen LogP contribution in [0.15, 0.2) is 0 Å². The molecule has 0 amide bonds. The number of hydrogen-bond donors (Lipinski definition) is 0. The van der Waals surface area contributed by atoms with Crippen molar-refractivity contribution in [1.29, 1.82) is 0 Å². The van der Waals surface area contributed by atoms with Gasteiger partial charge < -0.3 is 0 Å². The van der Waals surface area contributed by atoms with Crippen LogP contribution in [-0.4, -0.2) is 25.0 Å². The molecule has 0 N–H and O–H groups in total. The normalized spacial score (nSPS) is 15.1. The molecule has 0 atom stereocenters. The van der Waals surface area contributed by atoms with Crippen LogP contribution >= 0.6 is 16.2 Å². The van der Waals surface area contributed by atoms with Crippen molar-refractivity contribution in [3.63, 3.8) is 0 Å². The van der Waals surface area contributed by atoms with Gasteiger partial charge in [0.2, 0.25) is 0 Å². The fourth-order valence-electron chi connectivity index (χ4n) is 0.211. The van der Waals surface area contributed by atoms with Crippen molar-refractivity contribution in [2.45, 2.75) is 10.6 Å². The first kappa shape index (κ1) is 10.4. The van der Waals surface area contributed by atoms with Crippen molar-refractivity contribution >= 4 is 16.2 Å². The molecule has 0 heterocycles. The van der Waals surface area contributed by atoms with E-state index in [2.05, 4.69) is 35.6 Å². The summed E-state index contributed by atoms with van der Waals surface area (Å²) in [5, 5.41) is 5.08. The predicted molar refractivity (Wildman–Crippen MR) is 50.6 cm³/mol. The third-order valence-electron chi connectivity index (χ3n) is 1.24. The van der Waals surface area contributed by atoms with Crippen LogP contribution in [0.25, 0.3) is 0 Å². The quantitative estimate of drug-likeness (QED) is 0.630. The Kier molecular flexibility index (Phi) is 4.25. The number of rotatable bonds is 0. The Balaban J connectivity index is 5.34. The van der Waals surface area contributed by atoms with Gasteiger partial charge in [-0.2, -0.15) is 0 Å². The molecule has 9 heavy (non-hydrogen) atoms. The van der Waals surface area contributed by atoms with Gasteiger partial charge in [0.15, 0.2) is 0 Å². The Morgan fingerprint density at radius 2 is 1.00 bits per heavy atom. The predicted octanol–water partition coefficient (Wildman–Crippen LogP) is 3.12. The van der Waals surface area contributed by atoms with Crippen LogP contribution in [0.5, 0.6) is 0 Å². The number of hydrogen-bond acceptors (Lipinski definition) is 0. The van der Waals surface area contributed by atoms with Crippen LogP contribution in [-0.2, 0) is 12.4 Å². The zero-order valence-corrected chi connectivity index (χ0v) is 11.0. The zero-order valence-electron chi connectivity index (χ0n) is 7.13. The third-order valence-corrected chi connectivity index (χ3v) is 40.9. The SMILES string of the molecule is C[S](C)=[Pt]([CH3])([CH3])=[S](C)C. The van der Waals surface area contributed by atoms with E-state index in [-0.39, 0.29) is 0 Å². The van der Waals surface area contributed by atoms with E-state index in [0.29, 0.717) is 0 Å². The van der Waals surface area contributed by atoms with Crippen LogP contribution < -0.4 is 0 Å². The minimum absolute atomic E-state index is 0.737. The second kappa shape index (κ2) is 3.69. The van der Waals surface area contributed by atoms with Crippen molar-refractivity contribution in [2.24, 2.45) is 0 Å². The first-order valence-electron chi connectivity index (χ1n) is 2.52. The maximum atomic E-state index is 2.54. The molecule has 0 rings (SSSR count). The molecule has 0 saturated carbocycles. The van der Waals surface area contributed by atoms with Crippen LogP contribution in [0.1, 0.15) is 0 Å². The van der Waals surface area contributed by atoms with Gasteiger partial charge in [0, 0.05) is 0 Å². The molecule has 0 aliphatic carbocycles. The Morgan fingerprint density at radius 1 is 0.778 bits per heavy atom. The van der Waals surface area contributed by atoms with E-state index in [1.54, 1.807) is 0 Å². The summed E-state index contributed by atoms with van der Waals surface area (Å²) in [5.41, 5.74) is 0. The Labute approximate surface area is 64.0 Å². The molecular formula is C6H18PtS2. The monoisotopic (exact) mass is 349 g/mol. The Hall–Kier alpha value is 1.39. The van der Waals surface area contributed by atoms with Crippen molar-refractivity contribution in [1.82, 2.24) is 0 Å². The first-order chi connectivity index (χ1) is 3.89. The van der Waals surface area contributed by atoms with Crippen molar-refractivity contribution in [2.75, 3.05) is 25.0 Å². The van der Waals surface area contributed by atoms with E-state index in [0.717, 1.165) is 16.2 Å². The molecule has 0 nitrogen and oxygen atoms in total. The molecule has 0 bridgehead atoms. The molecule has 3 heteroatoms. The Morgan fingerprint density at radius 3 is 1.00 bits per heavy atom. The molecule has 0 aromatic carbocycles. The van der Waals surface area contributed by atoms with E-state index in [9.17, 15) is 0 Å². The molecule has 0 spiro atoms. The van der Waals surface area contributed by atoms with Crippen LogP contribution in [0.2, 0.25) is 10.6 Å². The van der Waals surface area contributed by atoms with Gasteiger partial charge in [0.1, 0.15) is 0 Å². The first-order valence-corrected chi connectivity index (χ1v) is 16.4. The van der Waals surface area contributed by atoms with Crippen LogP contribution in [0.3, 0.4) is 0 Å². The summed E-state index contributed by atoms with van der Waals surface area (Å²) in [5.74, 6) is 0. The summed E-state index contributed by atoms with van der Waals surface area (Å²) in [4.78, 5) is 0. The van der Waals surface area contributed by atoms with E-state index < -0.39 is 12.4 Å². The Bertz CT molecular complexity index is 183. The summed E-state index contributed by atoms with van der Waals surface area (Å²) in [7, 11) is 1.47. The molecule has 64 valence electrons. The van der Waals surface area contributed by atoms with Gasteiger partial charge in [-0.3, -0.25) is 0 Å². The maximum absolute atomic E-state index is 2.54. The average molecular weight is 349 g/mol. The summed E-state index contributed by atoms with van der Waals surface area (Å²) in [6, 6.07) is 0. The average Bonchev–Trinajstić information content (AvgIpc) is 1.65. The molecule has 0 fully saturated rings. The summed E-state index contributed by atoms with van der Waals surface area (Å²) in [6.07, 6.45) is 9.63. The van der Waals surface area contributed by atoms with Crippen LogP contribution in [0, 0.1) is 0 Å². The fraction of sp³-hybridized carbons (Fsp3) is 1.00. The van der Waals surface area contributed by atoms with Gasteiger partial charge in [-0.15, -0.1) is 0 Å². The summed E-state index contributed by atoms with van der Waals surface area (Å²) < 4.78 is 0. The molecule has 0 aromatic rings. The second-order valence-corrected chi connectivity index (χ2v) is 34.3.